The van der Waals surface area contributed by atoms with Crippen LogP contribution in [0.5, 0.6) is 0 Å². The SMILES string of the molecule is O=C(N[C@@H](c1nccs1)[C@H]1CCCN(Cc2ccncc2)C1)C1CC1. The monoisotopic (exact) mass is 356 g/mol. The van der Waals surface area contributed by atoms with Crippen LogP contribution < -0.4 is 5.32 Å². The fraction of sp³-hybridized carbons (Fsp3) is 0.526. The third-order valence-corrected chi connectivity index (χ3v) is 5.99. The second kappa shape index (κ2) is 7.62. The van der Waals surface area contributed by atoms with Gasteiger partial charge in [0, 0.05) is 43.0 Å². The van der Waals surface area contributed by atoms with Crippen LogP contribution in [-0.2, 0) is 11.3 Å². The first kappa shape index (κ1) is 16.7. The number of carbonyl (C=O) groups is 1. The molecular weight excluding hydrogens is 332 g/mol. The molecule has 0 bridgehead atoms. The maximum Gasteiger partial charge on any atom is 0.223 e. The van der Waals surface area contributed by atoms with Crippen molar-refractivity contribution < 1.29 is 4.79 Å². The number of thiazole rings is 1. The minimum atomic E-state index is 0.0494. The van der Waals surface area contributed by atoms with E-state index in [0.717, 1.165) is 50.3 Å². The summed E-state index contributed by atoms with van der Waals surface area (Å²) in [6.07, 6.45) is 9.92. The summed E-state index contributed by atoms with van der Waals surface area (Å²) in [5, 5.41) is 6.36. The largest absolute Gasteiger partial charge is 0.346 e. The van der Waals surface area contributed by atoms with E-state index in [1.54, 1.807) is 11.3 Å². The number of amides is 1. The Morgan fingerprint density at radius 3 is 2.84 bits per heavy atom. The van der Waals surface area contributed by atoms with Gasteiger partial charge in [0.25, 0.3) is 0 Å². The van der Waals surface area contributed by atoms with E-state index in [9.17, 15) is 4.79 Å². The Bertz CT molecular complexity index is 687. The van der Waals surface area contributed by atoms with Crippen molar-refractivity contribution in [2.75, 3.05) is 13.1 Å². The van der Waals surface area contributed by atoms with Crippen LogP contribution in [0.25, 0.3) is 0 Å². The molecule has 0 radical (unpaired) electrons. The molecule has 6 heteroatoms. The molecular formula is C19H24N4OS. The molecule has 5 nitrogen and oxygen atoms in total. The van der Waals surface area contributed by atoms with Crippen molar-refractivity contribution in [2.24, 2.45) is 11.8 Å². The fourth-order valence-electron chi connectivity index (χ4n) is 3.64. The summed E-state index contributed by atoms with van der Waals surface area (Å²) in [4.78, 5) is 23.5. The van der Waals surface area contributed by atoms with Gasteiger partial charge in [-0.2, -0.15) is 0 Å². The van der Waals surface area contributed by atoms with E-state index < -0.39 is 0 Å². The van der Waals surface area contributed by atoms with Crippen LogP contribution in [0.3, 0.4) is 0 Å². The first-order valence-electron chi connectivity index (χ1n) is 9.10. The average Bonchev–Trinajstić information content (AvgIpc) is 3.36. The molecule has 0 spiro atoms. The minimum Gasteiger partial charge on any atom is -0.346 e. The molecule has 1 aliphatic carbocycles. The highest BCUT2D eigenvalue weighted by molar-refractivity contribution is 7.09. The second-order valence-corrected chi connectivity index (χ2v) is 8.05. The number of carbonyl (C=O) groups excluding carboxylic acids is 1. The van der Waals surface area contributed by atoms with Gasteiger partial charge in [-0.15, -0.1) is 11.3 Å². The summed E-state index contributed by atoms with van der Waals surface area (Å²) < 4.78 is 0. The van der Waals surface area contributed by atoms with E-state index >= 15 is 0 Å². The first-order valence-corrected chi connectivity index (χ1v) is 9.98. The Kier molecular flexibility index (Phi) is 5.08. The normalized spacial score (nSPS) is 22.5. The molecule has 2 fully saturated rings. The topological polar surface area (TPSA) is 58.1 Å². The quantitative estimate of drug-likeness (QED) is 0.864. The van der Waals surface area contributed by atoms with Crippen LogP contribution in [0.1, 0.15) is 42.3 Å². The Labute approximate surface area is 152 Å². The molecule has 25 heavy (non-hydrogen) atoms. The number of hydrogen-bond donors (Lipinski definition) is 1. The summed E-state index contributed by atoms with van der Waals surface area (Å²) in [7, 11) is 0. The van der Waals surface area contributed by atoms with Crippen LogP contribution in [-0.4, -0.2) is 33.9 Å². The molecule has 2 atom stereocenters. The summed E-state index contributed by atoms with van der Waals surface area (Å²) in [5.41, 5.74) is 1.29. The van der Waals surface area contributed by atoms with Gasteiger partial charge in [-0.25, -0.2) is 4.98 Å². The summed E-state index contributed by atoms with van der Waals surface area (Å²) in [5.74, 6) is 0.870. The van der Waals surface area contributed by atoms with E-state index in [0.29, 0.717) is 5.92 Å². The molecule has 1 saturated heterocycles. The number of nitrogens with one attached hydrogen (secondary N) is 1. The van der Waals surface area contributed by atoms with Crippen molar-refractivity contribution >= 4 is 17.2 Å². The number of rotatable bonds is 6. The van der Waals surface area contributed by atoms with E-state index in [1.807, 2.05) is 24.0 Å². The molecule has 1 saturated carbocycles. The third-order valence-electron chi connectivity index (χ3n) is 5.13. The zero-order chi connectivity index (χ0) is 17.1. The third kappa shape index (κ3) is 4.25. The number of nitrogens with zero attached hydrogens (tertiary/aromatic N) is 3. The first-order chi connectivity index (χ1) is 12.3. The smallest absolute Gasteiger partial charge is 0.223 e. The maximum atomic E-state index is 12.4. The van der Waals surface area contributed by atoms with Gasteiger partial charge >= 0.3 is 0 Å². The molecule has 0 unspecified atom stereocenters. The highest BCUT2D eigenvalue weighted by atomic mass is 32.1. The molecule has 2 aliphatic rings. The Balaban J connectivity index is 1.45. The van der Waals surface area contributed by atoms with Crippen molar-refractivity contribution in [1.29, 1.82) is 0 Å². The summed E-state index contributed by atoms with van der Waals surface area (Å²) >= 11 is 1.65. The highest BCUT2D eigenvalue weighted by Gasteiger charge is 2.35. The van der Waals surface area contributed by atoms with Crippen LogP contribution in [0, 0.1) is 11.8 Å². The van der Waals surface area contributed by atoms with Crippen molar-refractivity contribution in [3.63, 3.8) is 0 Å². The second-order valence-electron chi connectivity index (χ2n) is 7.12. The van der Waals surface area contributed by atoms with Gasteiger partial charge in [0.2, 0.25) is 5.91 Å². The molecule has 3 heterocycles. The van der Waals surface area contributed by atoms with Gasteiger partial charge in [0.15, 0.2) is 0 Å². The number of hydrogen-bond acceptors (Lipinski definition) is 5. The lowest BCUT2D eigenvalue weighted by Crippen LogP contribution is -2.43. The number of piperidine rings is 1. The molecule has 4 rings (SSSR count). The molecule has 1 N–H and O–H groups in total. The summed E-state index contributed by atoms with van der Waals surface area (Å²) in [6, 6.07) is 4.21. The van der Waals surface area contributed by atoms with Gasteiger partial charge in [-0.1, -0.05) is 0 Å². The van der Waals surface area contributed by atoms with Gasteiger partial charge < -0.3 is 5.32 Å². The van der Waals surface area contributed by atoms with Gasteiger partial charge in [-0.05, 0) is 55.8 Å². The van der Waals surface area contributed by atoms with E-state index in [2.05, 4.69) is 32.3 Å². The lowest BCUT2D eigenvalue weighted by molar-refractivity contribution is -0.123. The molecule has 2 aromatic rings. The van der Waals surface area contributed by atoms with Crippen molar-refractivity contribution in [2.45, 2.75) is 38.3 Å². The Hall–Kier alpha value is -1.79. The number of pyridine rings is 1. The van der Waals surface area contributed by atoms with E-state index in [4.69, 9.17) is 0 Å². The zero-order valence-corrected chi connectivity index (χ0v) is 15.1. The molecule has 1 aliphatic heterocycles. The lowest BCUT2D eigenvalue weighted by Gasteiger charge is -2.36. The number of likely N-dealkylation sites (tertiary alicyclic amines) is 1. The molecule has 2 aromatic heterocycles. The standard InChI is InChI=1S/C19H24N4OS/c24-18(15-3-4-15)22-17(19-21-9-11-25-19)16-2-1-10-23(13-16)12-14-5-7-20-8-6-14/h5-9,11,15-17H,1-4,10,12-13H2,(H,22,24)/t16-,17+/m0/s1. The van der Waals surface area contributed by atoms with Gasteiger partial charge in [0.05, 0.1) is 6.04 Å². The predicted molar refractivity (Wildman–Crippen MR) is 98.0 cm³/mol. The van der Waals surface area contributed by atoms with Gasteiger partial charge in [0.1, 0.15) is 5.01 Å². The zero-order valence-electron chi connectivity index (χ0n) is 14.3. The molecule has 1 amide bonds. The van der Waals surface area contributed by atoms with Crippen molar-refractivity contribution in [1.82, 2.24) is 20.2 Å². The summed E-state index contributed by atoms with van der Waals surface area (Å²) in [6.45, 7) is 3.05. The molecule has 0 aromatic carbocycles. The Morgan fingerprint density at radius 1 is 1.28 bits per heavy atom. The average molecular weight is 356 g/mol. The highest BCUT2D eigenvalue weighted by Crippen LogP contribution is 2.34. The Morgan fingerprint density at radius 2 is 2.12 bits per heavy atom. The van der Waals surface area contributed by atoms with Crippen LogP contribution >= 0.6 is 11.3 Å². The van der Waals surface area contributed by atoms with E-state index in [-0.39, 0.29) is 17.9 Å². The minimum absolute atomic E-state index is 0.0494. The fourth-order valence-corrected chi connectivity index (χ4v) is 4.42. The van der Waals surface area contributed by atoms with Crippen molar-refractivity contribution in [3.05, 3.63) is 46.7 Å². The molecule has 132 valence electrons. The van der Waals surface area contributed by atoms with Crippen LogP contribution in [0.4, 0.5) is 0 Å². The maximum absolute atomic E-state index is 12.4. The van der Waals surface area contributed by atoms with Gasteiger partial charge in [-0.3, -0.25) is 14.7 Å². The lowest BCUT2D eigenvalue weighted by atomic mass is 9.90. The van der Waals surface area contributed by atoms with Crippen molar-refractivity contribution in [3.8, 4) is 0 Å². The van der Waals surface area contributed by atoms with Crippen LogP contribution in [0.15, 0.2) is 36.1 Å². The van der Waals surface area contributed by atoms with Crippen LogP contribution in [0.2, 0.25) is 0 Å². The predicted octanol–water partition coefficient (Wildman–Crippen LogP) is 3.02. The van der Waals surface area contributed by atoms with E-state index in [1.165, 1.54) is 5.56 Å². The number of aromatic nitrogens is 2.